The second kappa shape index (κ2) is 6.03. The van der Waals surface area contributed by atoms with Gasteiger partial charge in [-0.25, -0.2) is 14.3 Å². The van der Waals surface area contributed by atoms with E-state index in [1.54, 1.807) is 15.5 Å². The number of nitrogens with zero attached hydrogens (tertiary/aromatic N) is 4. The van der Waals surface area contributed by atoms with Gasteiger partial charge < -0.3 is 14.6 Å². The molecule has 2 atom stereocenters. The summed E-state index contributed by atoms with van der Waals surface area (Å²) in [4.78, 5) is 27.4. The van der Waals surface area contributed by atoms with Gasteiger partial charge in [-0.3, -0.25) is 4.57 Å². The molecule has 1 aliphatic carbocycles. The first-order chi connectivity index (χ1) is 12.7. The molecule has 5 rings (SSSR count). The fourth-order valence-corrected chi connectivity index (χ4v) is 4.25. The van der Waals surface area contributed by atoms with Gasteiger partial charge in [0.25, 0.3) is 0 Å². The number of furan rings is 1. The highest BCUT2D eigenvalue weighted by atomic mass is 16.3. The zero-order valence-corrected chi connectivity index (χ0v) is 14.6. The Morgan fingerprint density at radius 1 is 1.27 bits per heavy atom. The Bertz CT molecular complexity index is 864. The first-order valence-electron chi connectivity index (χ1n) is 9.44. The SMILES string of the molecule is O=C(NCc1ccco1)N1C2CCC1Cn1c(nn(CC3CC3)c1=O)C2. The topological polar surface area (TPSA) is 85.3 Å². The molecule has 0 spiro atoms. The highest BCUT2D eigenvalue weighted by Gasteiger charge is 2.41. The minimum absolute atomic E-state index is 0.0182. The van der Waals surface area contributed by atoms with Crippen LogP contribution in [0.3, 0.4) is 0 Å². The highest BCUT2D eigenvalue weighted by molar-refractivity contribution is 5.75. The number of rotatable bonds is 4. The molecule has 2 fully saturated rings. The quantitative estimate of drug-likeness (QED) is 0.895. The van der Waals surface area contributed by atoms with Crippen LogP contribution >= 0.6 is 0 Å². The van der Waals surface area contributed by atoms with Gasteiger partial charge in [-0.15, -0.1) is 0 Å². The Hall–Kier alpha value is -2.51. The molecule has 1 saturated carbocycles. The Kier molecular flexibility index (Phi) is 3.65. The number of nitrogens with one attached hydrogen (secondary N) is 1. The lowest BCUT2D eigenvalue weighted by Gasteiger charge is -2.27. The summed E-state index contributed by atoms with van der Waals surface area (Å²) in [6.07, 6.45) is 6.54. The van der Waals surface area contributed by atoms with Crippen molar-refractivity contribution in [1.82, 2.24) is 24.6 Å². The van der Waals surface area contributed by atoms with Gasteiger partial charge in [0.2, 0.25) is 0 Å². The monoisotopic (exact) mass is 357 g/mol. The van der Waals surface area contributed by atoms with Gasteiger partial charge in [-0.2, -0.15) is 5.10 Å². The molecule has 1 saturated heterocycles. The van der Waals surface area contributed by atoms with Gasteiger partial charge in [0.15, 0.2) is 0 Å². The Labute approximate surface area is 150 Å². The fourth-order valence-electron chi connectivity index (χ4n) is 4.25. The summed E-state index contributed by atoms with van der Waals surface area (Å²) in [6, 6.07) is 3.72. The van der Waals surface area contributed by atoms with Gasteiger partial charge in [-0.05, 0) is 43.7 Å². The fraction of sp³-hybridized carbons (Fsp3) is 0.611. The number of urea groups is 1. The maximum atomic E-state index is 12.7. The molecule has 2 aromatic heterocycles. The molecule has 3 aliphatic rings. The van der Waals surface area contributed by atoms with Crippen molar-refractivity contribution < 1.29 is 9.21 Å². The third-order valence-corrected chi connectivity index (χ3v) is 5.79. The number of hydrogen-bond acceptors (Lipinski definition) is 4. The van der Waals surface area contributed by atoms with Crippen molar-refractivity contribution in [3.05, 3.63) is 40.5 Å². The Morgan fingerprint density at radius 2 is 2.12 bits per heavy atom. The zero-order valence-electron chi connectivity index (χ0n) is 14.6. The van der Waals surface area contributed by atoms with E-state index in [0.29, 0.717) is 25.4 Å². The summed E-state index contributed by atoms with van der Waals surface area (Å²) in [5.74, 6) is 2.18. The van der Waals surface area contributed by atoms with Crippen LogP contribution in [0.1, 0.15) is 37.3 Å². The molecular formula is C18H23N5O3. The van der Waals surface area contributed by atoms with Crippen LogP contribution < -0.4 is 11.0 Å². The van der Waals surface area contributed by atoms with Gasteiger partial charge in [-0.1, -0.05) is 0 Å². The zero-order chi connectivity index (χ0) is 17.7. The Balaban J connectivity index is 1.33. The largest absolute Gasteiger partial charge is 0.467 e. The van der Waals surface area contributed by atoms with E-state index in [1.807, 2.05) is 17.0 Å². The van der Waals surface area contributed by atoms with Crippen LogP contribution in [0.15, 0.2) is 27.6 Å². The van der Waals surface area contributed by atoms with Crippen molar-refractivity contribution in [3.8, 4) is 0 Å². The van der Waals surface area contributed by atoms with Gasteiger partial charge in [0.1, 0.15) is 11.6 Å². The summed E-state index contributed by atoms with van der Waals surface area (Å²) in [7, 11) is 0. The molecule has 0 radical (unpaired) electrons. The number of hydrogen-bond donors (Lipinski definition) is 1. The predicted octanol–water partition coefficient (Wildman–Crippen LogP) is 1.35. The lowest BCUT2D eigenvalue weighted by molar-refractivity contribution is 0.169. The normalized spacial score (nSPS) is 24.4. The smallest absolute Gasteiger partial charge is 0.345 e. The summed E-state index contributed by atoms with van der Waals surface area (Å²) < 4.78 is 8.71. The van der Waals surface area contributed by atoms with Crippen LogP contribution in [0.5, 0.6) is 0 Å². The molecule has 4 heterocycles. The van der Waals surface area contributed by atoms with Gasteiger partial charge in [0.05, 0.1) is 18.8 Å². The molecule has 0 aromatic carbocycles. The molecule has 1 N–H and O–H groups in total. The van der Waals surface area contributed by atoms with E-state index < -0.39 is 0 Å². The predicted molar refractivity (Wildman–Crippen MR) is 92.5 cm³/mol. The molecule has 8 heteroatoms. The third-order valence-electron chi connectivity index (χ3n) is 5.79. The number of amides is 2. The van der Waals surface area contributed by atoms with E-state index in [2.05, 4.69) is 10.4 Å². The first kappa shape index (κ1) is 15.7. The average Bonchev–Trinajstić information content (AvgIpc) is 3.05. The van der Waals surface area contributed by atoms with Crippen molar-refractivity contribution >= 4 is 6.03 Å². The minimum Gasteiger partial charge on any atom is -0.467 e. The van der Waals surface area contributed by atoms with Crippen molar-refractivity contribution in [1.29, 1.82) is 0 Å². The second-order valence-corrected chi connectivity index (χ2v) is 7.67. The number of aromatic nitrogens is 3. The molecule has 138 valence electrons. The Morgan fingerprint density at radius 3 is 2.88 bits per heavy atom. The average molecular weight is 357 g/mol. The number of carbonyl (C=O) groups is 1. The maximum absolute atomic E-state index is 12.7. The number of fused-ring (bicyclic) bond motifs is 3. The summed E-state index contributed by atoms with van der Waals surface area (Å²) in [6.45, 7) is 1.66. The molecular weight excluding hydrogens is 334 g/mol. The minimum atomic E-state index is -0.0852. The van der Waals surface area contributed by atoms with E-state index >= 15 is 0 Å². The second-order valence-electron chi connectivity index (χ2n) is 7.67. The summed E-state index contributed by atoms with van der Waals surface area (Å²) in [5, 5.41) is 7.53. The van der Waals surface area contributed by atoms with Crippen molar-refractivity contribution in [2.24, 2.45) is 5.92 Å². The van der Waals surface area contributed by atoms with Crippen LogP contribution in [0.4, 0.5) is 4.79 Å². The number of carbonyl (C=O) groups excluding carboxylic acids is 1. The first-order valence-corrected chi connectivity index (χ1v) is 9.44. The van der Waals surface area contributed by atoms with Crippen molar-refractivity contribution in [2.45, 2.75) is 63.8 Å². The summed E-state index contributed by atoms with van der Waals surface area (Å²) in [5.41, 5.74) is -0.0182. The molecule has 2 unspecified atom stereocenters. The molecule has 26 heavy (non-hydrogen) atoms. The van der Waals surface area contributed by atoms with E-state index in [-0.39, 0.29) is 23.8 Å². The molecule has 2 bridgehead atoms. The van der Waals surface area contributed by atoms with E-state index in [9.17, 15) is 9.59 Å². The standard InChI is InChI=1S/C18H23N5O3/c24-17(19-9-15-2-1-7-26-15)23-13-5-6-14(23)11-21-16(8-13)20-22(18(21)25)10-12-3-4-12/h1-2,7,12-14H,3-6,8-11H2,(H,19,24). The van der Waals surface area contributed by atoms with Gasteiger partial charge in [0, 0.05) is 25.6 Å². The van der Waals surface area contributed by atoms with Gasteiger partial charge >= 0.3 is 11.7 Å². The molecule has 8 nitrogen and oxygen atoms in total. The maximum Gasteiger partial charge on any atom is 0.345 e. The third kappa shape index (κ3) is 2.73. The summed E-state index contributed by atoms with van der Waals surface area (Å²) >= 11 is 0. The highest BCUT2D eigenvalue weighted by Crippen LogP contribution is 2.32. The lowest BCUT2D eigenvalue weighted by atomic mass is 10.1. The van der Waals surface area contributed by atoms with E-state index in [0.717, 1.165) is 31.0 Å². The van der Waals surface area contributed by atoms with Crippen molar-refractivity contribution in [3.63, 3.8) is 0 Å². The molecule has 2 aromatic rings. The van der Waals surface area contributed by atoms with E-state index in [1.165, 1.54) is 12.8 Å². The van der Waals surface area contributed by atoms with E-state index in [4.69, 9.17) is 4.42 Å². The van der Waals surface area contributed by atoms with Crippen LogP contribution in [0, 0.1) is 5.92 Å². The molecule has 2 aliphatic heterocycles. The molecule has 2 amide bonds. The van der Waals surface area contributed by atoms with Crippen LogP contribution in [-0.2, 0) is 26.1 Å². The lowest BCUT2D eigenvalue weighted by Crippen LogP contribution is -2.47. The van der Waals surface area contributed by atoms with Crippen LogP contribution in [0.2, 0.25) is 0 Å². The van der Waals surface area contributed by atoms with Crippen LogP contribution in [0.25, 0.3) is 0 Å². The van der Waals surface area contributed by atoms with Crippen LogP contribution in [-0.4, -0.2) is 37.4 Å². The van der Waals surface area contributed by atoms with Crippen molar-refractivity contribution in [2.75, 3.05) is 0 Å².